The molecule has 0 aromatic heterocycles. The first-order valence-electron chi connectivity index (χ1n) is 7.31. The maximum absolute atomic E-state index is 12.8. The fourth-order valence-electron chi connectivity index (χ4n) is 2.13. The van der Waals surface area contributed by atoms with Crippen molar-refractivity contribution in [3.05, 3.63) is 59.7 Å². The Labute approximate surface area is 143 Å². The molecule has 0 atom stereocenters. The van der Waals surface area contributed by atoms with Crippen molar-refractivity contribution in [1.29, 1.82) is 0 Å². The van der Waals surface area contributed by atoms with Gasteiger partial charge in [0.25, 0.3) is 20.0 Å². The van der Waals surface area contributed by atoms with E-state index < -0.39 is 20.0 Å². The average molecular weight is 368 g/mol. The van der Waals surface area contributed by atoms with Crippen molar-refractivity contribution < 1.29 is 16.8 Å². The summed E-state index contributed by atoms with van der Waals surface area (Å²) in [6.07, 6.45) is 0. The van der Waals surface area contributed by atoms with Gasteiger partial charge in [0.1, 0.15) is 0 Å². The number of hydrogen-bond acceptors (Lipinski definition) is 5. The molecule has 0 aliphatic rings. The molecule has 0 aliphatic heterocycles. The topological polar surface area (TPSA) is 97.5 Å². The quantitative estimate of drug-likeness (QED) is 0.836. The summed E-state index contributed by atoms with van der Waals surface area (Å²) in [5.41, 5.74) is 7.21. The molecule has 0 spiro atoms. The Kier molecular flexibility index (Phi) is 5.44. The lowest BCUT2D eigenvalue weighted by atomic mass is 10.2. The van der Waals surface area contributed by atoms with Crippen molar-refractivity contribution in [2.45, 2.75) is 23.6 Å². The molecule has 6 nitrogen and oxygen atoms in total. The molecule has 2 aromatic carbocycles. The molecule has 0 unspecified atom stereocenters. The minimum atomic E-state index is -4.23. The van der Waals surface area contributed by atoms with E-state index in [0.717, 1.165) is 11.1 Å². The second-order valence-corrected chi connectivity index (χ2v) is 9.38. The lowest BCUT2D eigenvalue weighted by molar-refractivity contribution is 0.500. The van der Waals surface area contributed by atoms with Crippen LogP contribution in [-0.4, -0.2) is 33.6 Å². The molecule has 0 saturated heterocycles. The molecule has 2 N–H and O–H groups in total. The maximum Gasteiger partial charge on any atom is 0.256 e. The fourth-order valence-corrected chi connectivity index (χ4v) is 5.80. The summed E-state index contributed by atoms with van der Waals surface area (Å²) in [4.78, 5) is -0.172. The second kappa shape index (κ2) is 7.02. The number of nitrogens with two attached hydrogens (primary N) is 1. The lowest BCUT2D eigenvalue weighted by Gasteiger charge is -2.21. The van der Waals surface area contributed by atoms with E-state index in [9.17, 15) is 16.8 Å². The van der Waals surface area contributed by atoms with Gasteiger partial charge in [-0.25, -0.2) is 16.8 Å². The van der Waals surface area contributed by atoms with E-state index in [0.29, 0.717) is 3.71 Å². The summed E-state index contributed by atoms with van der Waals surface area (Å²) >= 11 is 0. The van der Waals surface area contributed by atoms with Crippen LogP contribution in [0, 0.1) is 13.8 Å². The van der Waals surface area contributed by atoms with Gasteiger partial charge in [0.2, 0.25) is 0 Å². The highest BCUT2D eigenvalue weighted by Crippen LogP contribution is 2.24. The Morgan fingerprint density at radius 3 is 1.38 bits per heavy atom. The number of hydrogen-bond donors (Lipinski definition) is 1. The van der Waals surface area contributed by atoms with Crippen molar-refractivity contribution in [2.24, 2.45) is 5.73 Å². The van der Waals surface area contributed by atoms with Crippen LogP contribution < -0.4 is 5.73 Å². The third-order valence-corrected chi connectivity index (χ3v) is 7.84. The van der Waals surface area contributed by atoms with Crippen LogP contribution in [0.4, 0.5) is 0 Å². The molecule has 0 heterocycles. The van der Waals surface area contributed by atoms with E-state index in [1.807, 2.05) is 13.8 Å². The first-order chi connectivity index (χ1) is 11.2. The van der Waals surface area contributed by atoms with Gasteiger partial charge < -0.3 is 5.73 Å². The third kappa shape index (κ3) is 3.67. The van der Waals surface area contributed by atoms with Gasteiger partial charge >= 0.3 is 0 Å². The predicted octanol–water partition coefficient (Wildman–Crippen LogP) is 1.64. The highest BCUT2D eigenvalue weighted by molar-refractivity contribution is 8.04. The SMILES string of the molecule is Cc1ccc(S(=O)(=O)N(CCN)S(=O)(=O)c2ccc(C)cc2)cc1. The summed E-state index contributed by atoms with van der Waals surface area (Å²) in [6.45, 7) is 3.19. The van der Waals surface area contributed by atoms with Gasteiger partial charge in [-0.3, -0.25) is 0 Å². The van der Waals surface area contributed by atoms with Crippen LogP contribution in [0.1, 0.15) is 11.1 Å². The highest BCUT2D eigenvalue weighted by atomic mass is 32.3. The van der Waals surface area contributed by atoms with E-state index in [1.165, 1.54) is 24.3 Å². The number of nitrogens with zero attached hydrogens (tertiary/aromatic N) is 1. The Balaban J connectivity index is 2.55. The minimum Gasteiger partial charge on any atom is -0.329 e. The molecule has 8 heteroatoms. The van der Waals surface area contributed by atoms with Crippen LogP contribution in [0.25, 0.3) is 0 Å². The van der Waals surface area contributed by atoms with E-state index in [2.05, 4.69) is 0 Å². The largest absolute Gasteiger partial charge is 0.329 e. The van der Waals surface area contributed by atoms with Crippen molar-refractivity contribution in [3.63, 3.8) is 0 Å². The van der Waals surface area contributed by atoms with Gasteiger partial charge in [-0.1, -0.05) is 39.1 Å². The van der Waals surface area contributed by atoms with Crippen LogP contribution in [0.5, 0.6) is 0 Å². The molecule has 2 aromatic rings. The Morgan fingerprint density at radius 2 is 1.08 bits per heavy atom. The molecule has 0 bridgehead atoms. The minimum absolute atomic E-state index is 0.0859. The average Bonchev–Trinajstić information content (AvgIpc) is 2.53. The molecule has 130 valence electrons. The first-order valence-corrected chi connectivity index (χ1v) is 10.2. The van der Waals surface area contributed by atoms with Crippen molar-refractivity contribution >= 4 is 20.0 Å². The van der Waals surface area contributed by atoms with E-state index in [-0.39, 0.29) is 22.9 Å². The molecule has 0 fully saturated rings. The third-order valence-electron chi connectivity index (χ3n) is 3.49. The molecule has 0 saturated carbocycles. The van der Waals surface area contributed by atoms with Crippen LogP contribution in [0.15, 0.2) is 58.3 Å². The van der Waals surface area contributed by atoms with Crippen LogP contribution >= 0.6 is 0 Å². The number of sulfonamides is 2. The van der Waals surface area contributed by atoms with Crippen LogP contribution in [-0.2, 0) is 20.0 Å². The van der Waals surface area contributed by atoms with E-state index in [1.54, 1.807) is 24.3 Å². The molecular weight excluding hydrogens is 348 g/mol. The standard InChI is InChI=1S/C16H20N2O4S2/c1-13-3-7-15(8-4-13)23(19,20)18(12-11-17)24(21,22)16-9-5-14(2)6-10-16/h3-10H,11-12,17H2,1-2H3. The summed E-state index contributed by atoms with van der Waals surface area (Å²) in [6, 6.07) is 12.0. The zero-order valence-corrected chi connectivity index (χ0v) is 15.1. The number of benzene rings is 2. The zero-order chi connectivity index (χ0) is 18.0. The fraction of sp³-hybridized carbons (Fsp3) is 0.250. The summed E-state index contributed by atoms with van der Waals surface area (Å²) in [5.74, 6) is 0. The maximum atomic E-state index is 12.8. The summed E-state index contributed by atoms with van der Waals surface area (Å²) in [5, 5.41) is 0. The van der Waals surface area contributed by atoms with E-state index >= 15 is 0 Å². The molecule has 2 rings (SSSR count). The number of aryl methyl sites for hydroxylation is 2. The van der Waals surface area contributed by atoms with E-state index in [4.69, 9.17) is 5.73 Å². The molecular formula is C16H20N2O4S2. The second-order valence-electron chi connectivity index (χ2n) is 5.42. The predicted molar refractivity (Wildman–Crippen MR) is 92.5 cm³/mol. The monoisotopic (exact) mass is 368 g/mol. The van der Waals surface area contributed by atoms with Gasteiger partial charge in [-0.15, -0.1) is 0 Å². The van der Waals surface area contributed by atoms with Crippen molar-refractivity contribution in [1.82, 2.24) is 3.71 Å². The number of rotatable bonds is 6. The van der Waals surface area contributed by atoms with Crippen molar-refractivity contribution in [2.75, 3.05) is 13.1 Å². The Hall–Kier alpha value is -1.74. The van der Waals surface area contributed by atoms with Gasteiger partial charge in [0.05, 0.1) is 9.79 Å². The summed E-state index contributed by atoms with van der Waals surface area (Å²) < 4.78 is 51.7. The Bertz CT molecular complexity index is 828. The summed E-state index contributed by atoms with van der Waals surface area (Å²) in [7, 11) is -8.46. The first kappa shape index (κ1) is 18.6. The van der Waals surface area contributed by atoms with Crippen LogP contribution in [0.3, 0.4) is 0 Å². The molecule has 0 amide bonds. The van der Waals surface area contributed by atoms with Gasteiger partial charge in [-0.05, 0) is 38.1 Å². The van der Waals surface area contributed by atoms with Gasteiger partial charge in [-0.2, -0.15) is 0 Å². The molecule has 0 radical (unpaired) electrons. The van der Waals surface area contributed by atoms with Crippen LogP contribution in [0.2, 0.25) is 0 Å². The van der Waals surface area contributed by atoms with Crippen molar-refractivity contribution in [3.8, 4) is 0 Å². The zero-order valence-electron chi connectivity index (χ0n) is 13.5. The smallest absolute Gasteiger partial charge is 0.256 e. The molecule has 0 aliphatic carbocycles. The molecule has 24 heavy (non-hydrogen) atoms. The Morgan fingerprint density at radius 1 is 0.750 bits per heavy atom. The van der Waals surface area contributed by atoms with Gasteiger partial charge in [0.15, 0.2) is 0 Å². The normalized spacial score (nSPS) is 12.5. The van der Waals surface area contributed by atoms with Gasteiger partial charge in [0, 0.05) is 13.1 Å². The highest BCUT2D eigenvalue weighted by Gasteiger charge is 2.35. The lowest BCUT2D eigenvalue weighted by Crippen LogP contribution is -2.40.